The maximum Gasteiger partial charge on any atom is 0.263 e. The summed E-state index contributed by atoms with van der Waals surface area (Å²) in [6.45, 7) is 1.89. The van der Waals surface area contributed by atoms with Crippen LogP contribution in [0.5, 0.6) is 0 Å². The van der Waals surface area contributed by atoms with Crippen molar-refractivity contribution in [2.45, 2.75) is 51.5 Å². The number of nitrogens with one attached hydrogen (secondary N) is 1. The minimum absolute atomic E-state index is 0.0619. The van der Waals surface area contributed by atoms with E-state index in [9.17, 15) is 4.79 Å². The number of amides is 1. The molecule has 2 rings (SSSR count). The monoisotopic (exact) mass is 238 g/mol. The molecule has 0 saturated heterocycles. The first kappa shape index (κ1) is 11.6. The molecule has 1 amide bonds. The summed E-state index contributed by atoms with van der Waals surface area (Å²) in [4.78, 5) is 16.8. The summed E-state index contributed by atoms with van der Waals surface area (Å²) in [5.74, 6) is 0.0619. The van der Waals surface area contributed by atoms with Crippen LogP contribution in [0.3, 0.4) is 0 Å². The van der Waals surface area contributed by atoms with Crippen LogP contribution in [0.15, 0.2) is 5.51 Å². The second-order valence-corrected chi connectivity index (χ2v) is 5.28. The molecule has 0 bridgehead atoms. The Labute approximate surface area is 100 Å². The van der Waals surface area contributed by atoms with E-state index >= 15 is 0 Å². The molecule has 0 aromatic carbocycles. The van der Waals surface area contributed by atoms with Crippen molar-refractivity contribution >= 4 is 17.2 Å². The van der Waals surface area contributed by atoms with Crippen LogP contribution in [0.25, 0.3) is 0 Å². The van der Waals surface area contributed by atoms with Gasteiger partial charge in [0.25, 0.3) is 5.91 Å². The largest absolute Gasteiger partial charge is 0.349 e. The summed E-state index contributed by atoms with van der Waals surface area (Å²) >= 11 is 1.43. The van der Waals surface area contributed by atoms with Gasteiger partial charge in [0.15, 0.2) is 0 Å². The van der Waals surface area contributed by atoms with Crippen molar-refractivity contribution in [1.29, 1.82) is 0 Å². The number of hydrogen-bond acceptors (Lipinski definition) is 3. The van der Waals surface area contributed by atoms with Crippen molar-refractivity contribution in [3.05, 3.63) is 16.1 Å². The van der Waals surface area contributed by atoms with Gasteiger partial charge in [-0.1, -0.05) is 25.7 Å². The molecule has 1 saturated carbocycles. The molecule has 1 aliphatic carbocycles. The second-order valence-electron chi connectivity index (χ2n) is 4.43. The van der Waals surface area contributed by atoms with E-state index in [1.807, 2.05) is 6.92 Å². The van der Waals surface area contributed by atoms with Gasteiger partial charge in [-0.2, -0.15) is 0 Å². The summed E-state index contributed by atoms with van der Waals surface area (Å²) in [5.41, 5.74) is 2.58. The quantitative estimate of drug-likeness (QED) is 0.805. The second kappa shape index (κ2) is 5.43. The third-order valence-corrected chi connectivity index (χ3v) is 4.07. The van der Waals surface area contributed by atoms with Gasteiger partial charge in [-0.25, -0.2) is 4.98 Å². The van der Waals surface area contributed by atoms with Gasteiger partial charge in [-0.15, -0.1) is 11.3 Å². The van der Waals surface area contributed by atoms with Crippen LogP contribution in [0.4, 0.5) is 0 Å². The Kier molecular flexibility index (Phi) is 3.93. The zero-order valence-electron chi connectivity index (χ0n) is 9.66. The number of carbonyl (C=O) groups is 1. The zero-order chi connectivity index (χ0) is 11.4. The lowest BCUT2D eigenvalue weighted by atomic mass is 10.1. The lowest BCUT2D eigenvalue weighted by Gasteiger charge is -2.15. The predicted molar refractivity (Wildman–Crippen MR) is 65.8 cm³/mol. The molecule has 1 aromatic rings. The predicted octanol–water partition coefficient (Wildman–Crippen LogP) is 2.90. The fraction of sp³-hybridized carbons (Fsp3) is 0.667. The van der Waals surface area contributed by atoms with Crippen molar-refractivity contribution in [1.82, 2.24) is 10.3 Å². The standard InChI is InChI=1S/C12H18N2OS/c1-9-11(16-8-13-9)12(15)14-10-6-4-2-3-5-7-10/h8,10H,2-7H2,1H3,(H,14,15). The van der Waals surface area contributed by atoms with Gasteiger partial charge in [0.05, 0.1) is 11.2 Å². The zero-order valence-corrected chi connectivity index (χ0v) is 10.5. The van der Waals surface area contributed by atoms with Gasteiger partial charge in [-0.3, -0.25) is 4.79 Å². The Morgan fingerprint density at radius 3 is 2.62 bits per heavy atom. The van der Waals surface area contributed by atoms with E-state index in [1.165, 1.54) is 37.0 Å². The van der Waals surface area contributed by atoms with Crippen LogP contribution < -0.4 is 5.32 Å². The molecule has 0 radical (unpaired) electrons. The molecular weight excluding hydrogens is 220 g/mol. The van der Waals surface area contributed by atoms with E-state index in [0.717, 1.165) is 23.4 Å². The Morgan fingerprint density at radius 2 is 2.06 bits per heavy atom. The summed E-state index contributed by atoms with van der Waals surface area (Å²) in [6, 6.07) is 0.372. The van der Waals surface area contributed by atoms with E-state index in [1.54, 1.807) is 5.51 Å². The number of nitrogens with zero attached hydrogens (tertiary/aromatic N) is 1. The van der Waals surface area contributed by atoms with Crippen LogP contribution in [-0.2, 0) is 0 Å². The third kappa shape index (κ3) is 2.82. The van der Waals surface area contributed by atoms with Gasteiger partial charge >= 0.3 is 0 Å². The molecule has 0 aliphatic heterocycles. The summed E-state index contributed by atoms with van der Waals surface area (Å²) in [6.07, 6.45) is 7.37. The summed E-state index contributed by atoms with van der Waals surface area (Å²) < 4.78 is 0. The van der Waals surface area contributed by atoms with E-state index in [4.69, 9.17) is 0 Å². The Morgan fingerprint density at radius 1 is 1.38 bits per heavy atom. The Bertz CT molecular complexity index is 354. The van der Waals surface area contributed by atoms with Gasteiger partial charge in [0, 0.05) is 6.04 Å². The minimum Gasteiger partial charge on any atom is -0.349 e. The SMILES string of the molecule is Cc1ncsc1C(=O)NC1CCCCCC1. The lowest BCUT2D eigenvalue weighted by molar-refractivity contribution is 0.0936. The van der Waals surface area contributed by atoms with Crippen molar-refractivity contribution in [3.63, 3.8) is 0 Å². The van der Waals surface area contributed by atoms with Crippen LogP contribution in [0.2, 0.25) is 0 Å². The van der Waals surface area contributed by atoms with Crippen LogP contribution in [0, 0.1) is 6.92 Å². The molecule has 1 N–H and O–H groups in total. The molecule has 0 atom stereocenters. The Hall–Kier alpha value is -0.900. The molecule has 0 unspecified atom stereocenters. The highest BCUT2D eigenvalue weighted by atomic mass is 32.1. The smallest absolute Gasteiger partial charge is 0.263 e. The molecule has 4 heteroatoms. The van der Waals surface area contributed by atoms with Gasteiger partial charge in [0.2, 0.25) is 0 Å². The van der Waals surface area contributed by atoms with Crippen molar-refractivity contribution in [2.24, 2.45) is 0 Å². The van der Waals surface area contributed by atoms with Gasteiger partial charge < -0.3 is 5.32 Å². The maximum absolute atomic E-state index is 12.0. The van der Waals surface area contributed by atoms with Crippen molar-refractivity contribution in [2.75, 3.05) is 0 Å². The molecule has 3 nitrogen and oxygen atoms in total. The first-order valence-electron chi connectivity index (χ1n) is 5.98. The number of aromatic nitrogens is 1. The molecule has 1 aliphatic rings. The molecule has 1 heterocycles. The fourth-order valence-corrected chi connectivity index (χ4v) is 2.90. The molecule has 1 fully saturated rings. The van der Waals surface area contributed by atoms with Crippen LogP contribution in [0.1, 0.15) is 53.9 Å². The maximum atomic E-state index is 12.0. The molecule has 88 valence electrons. The number of carbonyl (C=O) groups excluding carboxylic acids is 1. The number of thiazole rings is 1. The van der Waals surface area contributed by atoms with Crippen molar-refractivity contribution in [3.8, 4) is 0 Å². The highest BCUT2D eigenvalue weighted by Crippen LogP contribution is 2.18. The van der Waals surface area contributed by atoms with E-state index in [-0.39, 0.29) is 5.91 Å². The fourth-order valence-electron chi connectivity index (χ4n) is 2.19. The normalized spacial score (nSPS) is 18.1. The molecular formula is C12H18N2OS. The topological polar surface area (TPSA) is 42.0 Å². The van der Waals surface area contributed by atoms with Crippen LogP contribution in [-0.4, -0.2) is 16.9 Å². The first-order valence-corrected chi connectivity index (χ1v) is 6.86. The Balaban J connectivity index is 1.93. The summed E-state index contributed by atoms with van der Waals surface area (Å²) in [5, 5.41) is 3.13. The number of hydrogen-bond donors (Lipinski definition) is 1. The molecule has 0 spiro atoms. The number of rotatable bonds is 2. The average Bonchev–Trinajstić information content (AvgIpc) is 2.53. The molecule has 1 aromatic heterocycles. The lowest BCUT2D eigenvalue weighted by Crippen LogP contribution is -2.34. The average molecular weight is 238 g/mol. The number of aryl methyl sites for hydroxylation is 1. The summed E-state index contributed by atoms with van der Waals surface area (Å²) in [7, 11) is 0. The minimum atomic E-state index is 0.0619. The van der Waals surface area contributed by atoms with Gasteiger partial charge in [0.1, 0.15) is 4.88 Å². The molecule has 16 heavy (non-hydrogen) atoms. The van der Waals surface area contributed by atoms with E-state index in [0.29, 0.717) is 6.04 Å². The van der Waals surface area contributed by atoms with Crippen LogP contribution >= 0.6 is 11.3 Å². The van der Waals surface area contributed by atoms with E-state index < -0.39 is 0 Å². The first-order chi connectivity index (χ1) is 7.77. The van der Waals surface area contributed by atoms with E-state index in [2.05, 4.69) is 10.3 Å². The van der Waals surface area contributed by atoms with Gasteiger partial charge in [-0.05, 0) is 19.8 Å². The highest BCUT2D eigenvalue weighted by Gasteiger charge is 2.17. The highest BCUT2D eigenvalue weighted by molar-refractivity contribution is 7.11. The third-order valence-electron chi connectivity index (χ3n) is 3.14. The van der Waals surface area contributed by atoms with Crippen molar-refractivity contribution < 1.29 is 4.79 Å².